The third-order valence-electron chi connectivity index (χ3n) is 6.90. The number of nitrogens with zero attached hydrogens (tertiary/aromatic N) is 4. The van der Waals surface area contributed by atoms with Crippen molar-refractivity contribution < 1.29 is 4.43 Å². The van der Waals surface area contributed by atoms with Gasteiger partial charge in [0.25, 0.3) is 0 Å². The number of thioether (sulfide) groups is 1. The standard InChI is InChI=1S/C21H36ClN5OSSi/c1-12(2)30(13(3)4,14(5)6)28-10-15-8-16(17(9-15)29-7)27-11-24-18-19(22)25-21(23)26-20(18)27/h11-17H,8-10H2,1-7H3,(H2,23,25,26)/t15-,16+,17+/m0/s1. The van der Waals surface area contributed by atoms with Crippen LogP contribution in [0.3, 0.4) is 0 Å². The first kappa shape index (κ1) is 23.8. The summed E-state index contributed by atoms with van der Waals surface area (Å²) in [6.45, 7) is 14.9. The van der Waals surface area contributed by atoms with Crippen molar-refractivity contribution in [1.29, 1.82) is 0 Å². The average molecular weight is 470 g/mol. The fraction of sp³-hybridized carbons (Fsp3) is 0.762. The first-order valence-corrected chi connectivity index (χ1v) is 14.7. The highest BCUT2D eigenvalue weighted by atomic mass is 35.5. The van der Waals surface area contributed by atoms with Crippen molar-refractivity contribution in [1.82, 2.24) is 19.5 Å². The number of imidazole rings is 1. The fourth-order valence-electron chi connectivity index (χ4n) is 5.66. The second kappa shape index (κ2) is 9.34. The first-order chi connectivity index (χ1) is 14.1. The molecule has 0 aliphatic heterocycles. The molecule has 2 N–H and O–H groups in total. The molecule has 2 aromatic rings. The number of anilines is 1. The van der Waals surface area contributed by atoms with Crippen molar-refractivity contribution in [3.63, 3.8) is 0 Å². The molecule has 1 fully saturated rings. The Bertz CT molecular complexity index is 853. The summed E-state index contributed by atoms with van der Waals surface area (Å²) in [5.41, 5.74) is 9.02. The normalized spacial score (nSPS) is 22.8. The molecule has 3 rings (SSSR count). The van der Waals surface area contributed by atoms with Gasteiger partial charge in [0.2, 0.25) is 5.95 Å². The molecule has 0 spiro atoms. The average Bonchev–Trinajstić information content (AvgIpc) is 3.24. The lowest BCUT2D eigenvalue weighted by Gasteiger charge is -2.42. The number of nitrogen functional groups attached to an aromatic ring is 1. The van der Waals surface area contributed by atoms with E-state index in [4.69, 9.17) is 21.8 Å². The molecule has 168 valence electrons. The van der Waals surface area contributed by atoms with E-state index < -0.39 is 8.32 Å². The Balaban J connectivity index is 1.82. The zero-order valence-electron chi connectivity index (χ0n) is 19.2. The molecule has 3 atom stereocenters. The van der Waals surface area contributed by atoms with Crippen molar-refractivity contribution in [3.8, 4) is 0 Å². The van der Waals surface area contributed by atoms with Gasteiger partial charge < -0.3 is 14.7 Å². The predicted molar refractivity (Wildman–Crippen MR) is 131 cm³/mol. The molecule has 1 saturated carbocycles. The lowest BCUT2D eigenvalue weighted by molar-refractivity contribution is 0.220. The van der Waals surface area contributed by atoms with Gasteiger partial charge in [-0.1, -0.05) is 53.1 Å². The van der Waals surface area contributed by atoms with Crippen LogP contribution in [0.15, 0.2) is 6.33 Å². The van der Waals surface area contributed by atoms with E-state index in [1.165, 1.54) is 0 Å². The quantitative estimate of drug-likeness (QED) is 0.380. The minimum absolute atomic E-state index is 0.189. The number of hydrogen-bond donors (Lipinski definition) is 1. The van der Waals surface area contributed by atoms with Gasteiger partial charge in [0.1, 0.15) is 5.52 Å². The fourth-order valence-corrected chi connectivity index (χ4v) is 12.4. The highest BCUT2D eigenvalue weighted by molar-refractivity contribution is 7.99. The number of hydrogen-bond acceptors (Lipinski definition) is 6. The van der Waals surface area contributed by atoms with Crippen LogP contribution in [0.25, 0.3) is 11.2 Å². The van der Waals surface area contributed by atoms with Crippen LogP contribution in [0, 0.1) is 5.92 Å². The lowest BCUT2D eigenvalue weighted by atomic mass is 10.1. The molecule has 9 heteroatoms. The summed E-state index contributed by atoms with van der Waals surface area (Å²) in [5, 5.41) is 0.801. The van der Waals surface area contributed by atoms with Crippen molar-refractivity contribution in [2.24, 2.45) is 5.92 Å². The van der Waals surface area contributed by atoms with E-state index in [0.29, 0.717) is 44.5 Å². The van der Waals surface area contributed by atoms with Gasteiger partial charge in [0.15, 0.2) is 19.1 Å². The predicted octanol–water partition coefficient (Wildman–Crippen LogP) is 5.94. The van der Waals surface area contributed by atoms with Gasteiger partial charge in [-0.2, -0.15) is 21.7 Å². The Kier molecular flexibility index (Phi) is 7.42. The Morgan fingerprint density at radius 3 is 2.37 bits per heavy atom. The van der Waals surface area contributed by atoms with Gasteiger partial charge in [0, 0.05) is 17.9 Å². The summed E-state index contributed by atoms with van der Waals surface area (Å²) in [6, 6.07) is 0.303. The molecule has 0 bridgehead atoms. The minimum Gasteiger partial charge on any atom is -0.416 e. The number of halogens is 1. The van der Waals surface area contributed by atoms with Crippen molar-refractivity contribution in [2.45, 2.75) is 82.3 Å². The topological polar surface area (TPSA) is 78.8 Å². The van der Waals surface area contributed by atoms with Crippen LogP contribution in [-0.2, 0) is 4.43 Å². The first-order valence-electron chi connectivity index (χ1n) is 10.9. The Labute approximate surface area is 190 Å². The highest BCUT2D eigenvalue weighted by Gasteiger charge is 2.46. The molecule has 0 radical (unpaired) electrons. The van der Waals surface area contributed by atoms with Crippen LogP contribution in [0.5, 0.6) is 0 Å². The molecule has 6 nitrogen and oxygen atoms in total. The van der Waals surface area contributed by atoms with E-state index in [9.17, 15) is 0 Å². The SMILES string of the molecule is CS[C@@H]1C[C@@H](CO[Si](C(C)C)(C(C)C)C(C)C)C[C@H]1n1cnc2c(Cl)nc(N)nc21. The molecule has 0 amide bonds. The second-order valence-corrected chi connectivity index (χ2v) is 16.4. The van der Waals surface area contributed by atoms with Crippen LogP contribution in [0.1, 0.15) is 60.4 Å². The van der Waals surface area contributed by atoms with Gasteiger partial charge in [-0.15, -0.1) is 0 Å². The Morgan fingerprint density at radius 2 is 1.80 bits per heavy atom. The molecule has 2 heterocycles. The Hall–Kier alpha value is -0.833. The monoisotopic (exact) mass is 469 g/mol. The van der Waals surface area contributed by atoms with Gasteiger partial charge in [-0.25, -0.2) is 4.98 Å². The molecule has 1 aliphatic carbocycles. The molecule has 0 saturated heterocycles. The van der Waals surface area contributed by atoms with Crippen LogP contribution in [-0.4, -0.2) is 45.9 Å². The second-order valence-electron chi connectivity index (χ2n) is 9.50. The van der Waals surface area contributed by atoms with Crippen LogP contribution in [0.2, 0.25) is 21.8 Å². The molecule has 2 aromatic heterocycles. The van der Waals surface area contributed by atoms with Gasteiger partial charge >= 0.3 is 0 Å². The summed E-state index contributed by atoms with van der Waals surface area (Å²) in [5.74, 6) is 0.720. The lowest BCUT2D eigenvalue weighted by Crippen LogP contribution is -2.48. The highest BCUT2D eigenvalue weighted by Crippen LogP contribution is 2.46. The van der Waals surface area contributed by atoms with Gasteiger partial charge in [-0.3, -0.25) is 0 Å². The molecular formula is C21H36ClN5OSSi. The van der Waals surface area contributed by atoms with Crippen molar-refractivity contribution in [3.05, 3.63) is 11.5 Å². The number of rotatable bonds is 8. The molecule has 1 aliphatic rings. The smallest absolute Gasteiger partial charge is 0.223 e. The summed E-state index contributed by atoms with van der Waals surface area (Å²) >= 11 is 8.15. The number of aromatic nitrogens is 4. The molecule has 30 heavy (non-hydrogen) atoms. The van der Waals surface area contributed by atoms with Crippen LogP contribution >= 0.6 is 23.4 Å². The van der Waals surface area contributed by atoms with E-state index in [0.717, 1.165) is 25.1 Å². The van der Waals surface area contributed by atoms with E-state index >= 15 is 0 Å². The Morgan fingerprint density at radius 1 is 1.17 bits per heavy atom. The van der Waals surface area contributed by atoms with Crippen LogP contribution in [0.4, 0.5) is 5.95 Å². The maximum atomic E-state index is 6.92. The summed E-state index contributed by atoms with van der Waals surface area (Å²) in [7, 11) is -1.85. The summed E-state index contributed by atoms with van der Waals surface area (Å²) in [4.78, 5) is 12.9. The minimum atomic E-state index is -1.85. The van der Waals surface area contributed by atoms with Gasteiger partial charge in [-0.05, 0) is 41.6 Å². The number of fused-ring (bicyclic) bond motifs is 1. The largest absolute Gasteiger partial charge is 0.416 e. The van der Waals surface area contributed by atoms with E-state index in [1.54, 1.807) is 0 Å². The maximum Gasteiger partial charge on any atom is 0.223 e. The summed E-state index contributed by atoms with van der Waals surface area (Å²) < 4.78 is 9.07. The van der Waals surface area contributed by atoms with E-state index in [2.05, 4.69) is 67.3 Å². The maximum absolute atomic E-state index is 6.92. The molecular weight excluding hydrogens is 434 g/mol. The van der Waals surface area contributed by atoms with Crippen molar-refractivity contribution in [2.75, 3.05) is 18.6 Å². The van der Waals surface area contributed by atoms with Crippen molar-refractivity contribution >= 4 is 48.8 Å². The van der Waals surface area contributed by atoms with Crippen LogP contribution < -0.4 is 5.73 Å². The summed E-state index contributed by atoms with van der Waals surface area (Å²) in [6.07, 6.45) is 6.22. The zero-order valence-corrected chi connectivity index (χ0v) is 21.8. The van der Waals surface area contributed by atoms with E-state index in [-0.39, 0.29) is 5.95 Å². The van der Waals surface area contributed by atoms with Gasteiger partial charge in [0.05, 0.1) is 6.33 Å². The third kappa shape index (κ3) is 4.25. The van der Waals surface area contributed by atoms with E-state index in [1.807, 2.05) is 18.1 Å². The molecule has 0 unspecified atom stereocenters. The third-order valence-corrected chi connectivity index (χ3v) is 14.4. The zero-order chi connectivity index (χ0) is 22.2. The molecule has 0 aromatic carbocycles. The number of nitrogens with two attached hydrogens (primary N) is 1.